The van der Waals surface area contributed by atoms with Crippen molar-refractivity contribution in [3.8, 4) is 0 Å². The Balaban J connectivity index is 1.87. The Kier molecular flexibility index (Phi) is 6.65. The van der Waals surface area contributed by atoms with Gasteiger partial charge in [0.05, 0.1) is 0 Å². The Labute approximate surface area is 134 Å². The minimum atomic E-state index is 0.610. The maximum absolute atomic E-state index is 3.81. The van der Waals surface area contributed by atoms with Crippen LogP contribution in [0.15, 0.2) is 41.8 Å². The lowest BCUT2D eigenvalue weighted by atomic mass is 10.0. The van der Waals surface area contributed by atoms with Crippen LogP contribution >= 0.6 is 11.8 Å². The molecule has 0 aliphatic carbocycles. The standard InChI is InChI=1S/C18H28N2S/c1-4-13-21-18-8-6-5-7-17(18)19-16-9-11-20(12-10-16)14-15(2)3/h4-8,15-16,19H,1,9-14H2,2-3H3. The first-order valence-electron chi connectivity index (χ1n) is 8.00. The molecule has 0 aromatic heterocycles. The number of nitrogens with one attached hydrogen (secondary N) is 1. The van der Waals surface area contributed by atoms with Crippen molar-refractivity contribution in [1.29, 1.82) is 0 Å². The van der Waals surface area contributed by atoms with Crippen LogP contribution in [0.1, 0.15) is 26.7 Å². The van der Waals surface area contributed by atoms with Gasteiger partial charge < -0.3 is 10.2 Å². The van der Waals surface area contributed by atoms with Crippen LogP contribution in [-0.2, 0) is 0 Å². The van der Waals surface area contributed by atoms with E-state index in [9.17, 15) is 0 Å². The summed E-state index contributed by atoms with van der Waals surface area (Å²) in [6, 6.07) is 9.24. The largest absolute Gasteiger partial charge is 0.381 e. The molecule has 1 N–H and O–H groups in total. The van der Waals surface area contributed by atoms with Crippen LogP contribution in [0.2, 0.25) is 0 Å². The fourth-order valence-electron chi connectivity index (χ4n) is 2.86. The van der Waals surface area contributed by atoms with Crippen LogP contribution in [-0.4, -0.2) is 36.3 Å². The summed E-state index contributed by atoms with van der Waals surface area (Å²) in [5.41, 5.74) is 1.28. The summed E-state index contributed by atoms with van der Waals surface area (Å²) in [5.74, 6) is 1.73. The van der Waals surface area contributed by atoms with Crippen molar-refractivity contribution in [2.75, 3.05) is 30.7 Å². The molecule has 1 fully saturated rings. The molecule has 1 heterocycles. The molecule has 0 bridgehead atoms. The zero-order chi connectivity index (χ0) is 15.1. The van der Waals surface area contributed by atoms with Crippen molar-refractivity contribution < 1.29 is 0 Å². The van der Waals surface area contributed by atoms with Crippen LogP contribution in [0, 0.1) is 5.92 Å². The van der Waals surface area contributed by atoms with Gasteiger partial charge in [-0.3, -0.25) is 0 Å². The van der Waals surface area contributed by atoms with Crippen LogP contribution < -0.4 is 5.32 Å². The molecule has 21 heavy (non-hydrogen) atoms. The van der Waals surface area contributed by atoms with Gasteiger partial charge in [-0.25, -0.2) is 0 Å². The zero-order valence-corrected chi connectivity index (χ0v) is 14.2. The molecule has 116 valence electrons. The highest BCUT2D eigenvalue weighted by atomic mass is 32.2. The van der Waals surface area contributed by atoms with E-state index >= 15 is 0 Å². The molecule has 1 aromatic rings. The van der Waals surface area contributed by atoms with Crippen molar-refractivity contribution in [2.24, 2.45) is 5.92 Å². The second-order valence-corrected chi connectivity index (χ2v) is 7.27. The van der Waals surface area contributed by atoms with Gasteiger partial charge in [0, 0.05) is 42.0 Å². The van der Waals surface area contributed by atoms with E-state index in [0.29, 0.717) is 6.04 Å². The van der Waals surface area contributed by atoms with E-state index in [1.807, 2.05) is 17.8 Å². The third kappa shape index (κ3) is 5.40. The predicted molar refractivity (Wildman–Crippen MR) is 95.3 cm³/mol. The fraction of sp³-hybridized carbons (Fsp3) is 0.556. The van der Waals surface area contributed by atoms with Gasteiger partial charge in [-0.15, -0.1) is 18.3 Å². The number of thioether (sulfide) groups is 1. The summed E-state index contributed by atoms with van der Waals surface area (Å²) in [5, 5.41) is 3.75. The minimum Gasteiger partial charge on any atom is -0.381 e. The quantitative estimate of drug-likeness (QED) is 0.590. The van der Waals surface area contributed by atoms with E-state index in [2.05, 4.69) is 54.9 Å². The highest BCUT2D eigenvalue weighted by Crippen LogP contribution is 2.28. The second-order valence-electron chi connectivity index (χ2n) is 6.21. The average Bonchev–Trinajstić information content (AvgIpc) is 2.48. The number of likely N-dealkylation sites (tertiary alicyclic amines) is 1. The lowest BCUT2D eigenvalue weighted by molar-refractivity contribution is 0.198. The maximum Gasteiger partial charge on any atom is 0.0480 e. The highest BCUT2D eigenvalue weighted by molar-refractivity contribution is 7.99. The van der Waals surface area contributed by atoms with Crippen LogP contribution in [0.4, 0.5) is 5.69 Å². The Hall–Kier alpha value is -0.930. The van der Waals surface area contributed by atoms with E-state index in [4.69, 9.17) is 0 Å². The molecule has 1 aliphatic rings. The topological polar surface area (TPSA) is 15.3 Å². The number of piperidine rings is 1. The van der Waals surface area contributed by atoms with E-state index in [1.54, 1.807) is 0 Å². The third-order valence-corrected chi connectivity index (χ3v) is 4.88. The maximum atomic E-state index is 3.81. The first-order valence-corrected chi connectivity index (χ1v) is 8.99. The van der Waals surface area contributed by atoms with Crippen LogP contribution in [0.5, 0.6) is 0 Å². The minimum absolute atomic E-state index is 0.610. The van der Waals surface area contributed by atoms with Gasteiger partial charge in [-0.2, -0.15) is 0 Å². The summed E-state index contributed by atoms with van der Waals surface area (Å²) in [6.45, 7) is 12.1. The third-order valence-electron chi connectivity index (χ3n) is 3.81. The monoisotopic (exact) mass is 304 g/mol. The van der Waals surface area contributed by atoms with Crippen molar-refractivity contribution >= 4 is 17.4 Å². The average molecular weight is 305 g/mol. The van der Waals surface area contributed by atoms with E-state index in [-0.39, 0.29) is 0 Å². The molecule has 2 nitrogen and oxygen atoms in total. The molecule has 0 spiro atoms. The number of rotatable bonds is 7. The Bertz CT molecular complexity index is 437. The van der Waals surface area contributed by atoms with E-state index < -0.39 is 0 Å². The van der Waals surface area contributed by atoms with Gasteiger partial charge in [0.1, 0.15) is 0 Å². The van der Waals surface area contributed by atoms with Crippen molar-refractivity contribution in [2.45, 2.75) is 37.6 Å². The predicted octanol–water partition coefficient (Wildman–Crippen LogP) is 4.50. The summed E-state index contributed by atoms with van der Waals surface area (Å²) < 4.78 is 0. The van der Waals surface area contributed by atoms with Crippen molar-refractivity contribution in [3.63, 3.8) is 0 Å². The lowest BCUT2D eigenvalue weighted by Crippen LogP contribution is -2.40. The van der Waals surface area contributed by atoms with Crippen LogP contribution in [0.3, 0.4) is 0 Å². The number of anilines is 1. The molecule has 1 aliphatic heterocycles. The first-order chi connectivity index (χ1) is 10.2. The molecule has 0 unspecified atom stereocenters. The number of hydrogen-bond donors (Lipinski definition) is 1. The Morgan fingerprint density at radius 3 is 2.71 bits per heavy atom. The van der Waals surface area contributed by atoms with E-state index in [1.165, 1.54) is 43.1 Å². The van der Waals surface area contributed by atoms with Gasteiger partial charge in [0.15, 0.2) is 0 Å². The summed E-state index contributed by atoms with van der Waals surface area (Å²) in [7, 11) is 0. The van der Waals surface area contributed by atoms with E-state index in [0.717, 1.165) is 11.7 Å². The molecule has 0 atom stereocenters. The highest BCUT2D eigenvalue weighted by Gasteiger charge is 2.20. The molecule has 0 saturated carbocycles. The zero-order valence-electron chi connectivity index (χ0n) is 13.3. The summed E-state index contributed by atoms with van der Waals surface area (Å²) in [4.78, 5) is 3.93. The Morgan fingerprint density at radius 1 is 1.33 bits per heavy atom. The van der Waals surface area contributed by atoms with Gasteiger partial charge in [0.25, 0.3) is 0 Å². The summed E-state index contributed by atoms with van der Waals surface area (Å²) in [6.07, 6.45) is 4.45. The molecular weight excluding hydrogens is 276 g/mol. The number of hydrogen-bond acceptors (Lipinski definition) is 3. The number of nitrogens with zero attached hydrogens (tertiary/aromatic N) is 1. The number of benzene rings is 1. The SMILES string of the molecule is C=CCSc1ccccc1NC1CCN(CC(C)C)CC1. The van der Waals surface area contributed by atoms with Gasteiger partial charge in [-0.1, -0.05) is 32.1 Å². The molecule has 3 heteroatoms. The molecule has 1 aromatic carbocycles. The van der Waals surface area contributed by atoms with Gasteiger partial charge >= 0.3 is 0 Å². The fourth-order valence-corrected chi connectivity index (χ4v) is 3.61. The van der Waals surface area contributed by atoms with Crippen molar-refractivity contribution in [3.05, 3.63) is 36.9 Å². The Morgan fingerprint density at radius 2 is 2.05 bits per heavy atom. The molecule has 1 saturated heterocycles. The smallest absolute Gasteiger partial charge is 0.0480 e. The molecule has 2 rings (SSSR count). The first kappa shape index (κ1) is 16.4. The molecule has 0 radical (unpaired) electrons. The summed E-state index contributed by atoms with van der Waals surface area (Å²) >= 11 is 1.85. The van der Waals surface area contributed by atoms with Crippen LogP contribution in [0.25, 0.3) is 0 Å². The number of para-hydroxylation sites is 1. The van der Waals surface area contributed by atoms with Gasteiger partial charge in [0.2, 0.25) is 0 Å². The van der Waals surface area contributed by atoms with Crippen molar-refractivity contribution in [1.82, 2.24) is 4.90 Å². The lowest BCUT2D eigenvalue weighted by Gasteiger charge is -2.34. The molecule has 0 amide bonds. The second kappa shape index (κ2) is 8.50. The normalized spacial score (nSPS) is 17.1. The van der Waals surface area contributed by atoms with Gasteiger partial charge in [-0.05, 0) is 30.9 Å². The molecular formula is C18H28N2S.